The minimum atomic E-state index is -0.142. The number of hydrogen-bond acceptors (Lipinski definition) is 5. The Hall–Kier alpha value is -3.29. The van der Waals surface area contributed by atoms with Crippen LogP contribution in [-0.4, -0.2) is 36.1 Å². The molecule has 1 aromatic heterocycles. The second-order valence-corrected chi connectivity index (χ2v) is 10.7. The lowest BCUT2D eigenvalue weighted by molar-refractivity contribution is -0.121. The Balaban J connectivity index is 1.03. The maximum Gasteiger partial charge on any atom is 0.315 e. The number of amides is 3. The molecule has 192 valence electrons. The van der Waals surface area contributed by atoms with Gasteiger partial charge >= 0.3 is 6.03 Å². The number of benzene rings is 1. The Morgan fingerprint density at radius 3 is 2.31 bits per heavy atom. The fourth-order valence-electron chi connectivity index (χ4n) is 6.71. The van der Waals surface area contributed by atoms with Gasteiger partial charge in [-0.15, -0.1) is 0 Å². The third-order valence-electron chi connectivity index (χ3n) is 7.92. The van der Waals surface area contributed by atoms with Crippen molar-refractivity contribution in [1.29, 1.82) is 0 Å². The van der Waals surface area contributed by atoms with Crippen molar-refractivity contribution in [2.75, 3.05) is 13.7 Å². The number of rotatable bonds is 10. The highest BCUT2D eigenvalue weighted by Gasteiger charge is 2.51. The fourth-order valence-corrected chi connectivity index (χ4v) is 6.71. The van der Waals surface area contributed by atoms with E-state index in [1.807, 2.05) is 30.3 Å². The largest absolute Gasteiger partial charge is 0.493 e. The van der Waals surface area contributed by atoms with Gasteiger partial charge < -0.3 is 25.4 Å². The molecule has 4 bridgehead atoms. The van der Waals surface area contributed by atoms with Gasteiger partial charge in [-0.25, -0.2) is 4.79 Å². The lowest BCUT2D eigenvalue weighted by atomic mass is 9.53. The maximum absolute atomic E-state index is 12.6. The topological polar surface area (TPSA) is 102 Å². The normalized spacial score (nSPS) is 25.8. The van der Waals surface area contributed by atoms with Gasteiger partial charge in [0.05, 0.1) is 7.11 Å². The van der Waals surface area contributed by atoms with Crippen LogP contribution < -0.4 is 25.4 Å². The van der Waals surface area contributed by atoms with Crippen molar-refractivity contribution in [3.63, 3.8) is 0 Å². The second kappa shape index (κ2) is 10.8. The standard InChI is InChI=1S/C28H36N4O4/c1-35-25-13-20(2-3-24(25)36-18-19-4-7-29-8-5-19)17-31-26(33)6-9-30-27(34)32-28-14-21-10-22(15-28)12-23(11-21)16-28/h2-5,7-8,13,21-23H,6,9-12,14-18H2,1H3,(H,31,33)(H2,30,32,34). The summed E-state index contributed by atoms with van der Waals surface area (Å²) in [5.41, 5.74) is 1.90. The zero-order valence-corrected chi connectivity index (χ0v) is 20.9. The number of carbonyl (C=O) groups is 2. The SMILES string of the molecule is COc1cc(CNC(=O)CCNC(=O)NC23CC4CC(CC(C4)C2)C3)ccc1OCc1ccncc1. The summed E-state index contributed by atoms with van der Waals surface area (Å²) in [6.07, 6.45) is 11.1. The molecule has 4 fully saturated rings. The molecule has 1 aromatic carbocycles. The maximum atomic E-state index is 12.6. The van der Waals surface area contributed by atoms with E-state index in [1.165, 1.54) is 19.3 Å². The van der Waals surface area contributed by atoms with Crippen LogP contribution in [-0.2, 0) is 17.9 Å². The molecule has 8 heteroatoms. The molecule has 1 heterocycles. The van der Waals surface area contributed by atoms with E-state index in [-0.39, 0.29) is 23.9 Å². The number of carbonyl (C=O) groups excluding carboxylic acids is 2. The Bertz CT molecular complexity index is 1040. The number of nitrogens with zero attached hydrogens (tertiary/aromatic N) is 1. The summed E-state index contributed by atoms with van der Waals surface area (Å²) in [6, 6.07) is 9.27. The van der Waals surface area contributed by atoms with Crippen LogP contribution in [0.4, 0.5) is 4.79 Å². The van der Waals surface area contributed by atoms with Gasteiger partial charge in [-0.2, -0.15) is 0 Å². The van der Waals surface area contributed by atoms with Crippen molar-refractivity contribution in [3.05, 3.63) is 53.9 Å². The number of nitrogens with one attached hydrogen (secondary N) is 3. The molecule has 36 heavy (non-hydrogen) atoms. The fraction of sp³-hybridized carbons (Fsp3) is 0.536. The molecule has 6 rings (SSSR count). The van der Waals surface area contributed by atoms with Crippen LogP contribution in [0.15, 0.2) is 42.7 Å². The Labute approximate surface area is 212 Å². The van der Waals surface area contributed by atoms with Crippen molar-refractivity contribution in [3.8, 4) is 11.5 Å². The minimum Gasteiger partial charge on any atom is -0.493 e. The van der Waals surface area contributed by atoms with Gasteiger partial charge in [0, 0.05) is 37.4 Å². The summed E-state index contributed by atoms with van der Waals surface area (Å²) < 4.78 is 11.3. The summed E-state index contributed by atoms with van der Waals surface area (Å²) in [6.45, 7) is 1.10. The second-order valence-electron chi connectivity index (χ2n) is 10.7. The summed E-state index contributed by atoms with van der Waals surface area (Å²) in [7, 11) is 1.59. The molecule has 0 unspecified atom stereocenters. The van der Waals surface area contributed by atoms with Gasteiger partial charge in [0.1, 0.15) is 6.61 Å². The Morgan fingerprint density at radius 2 is 1.64 bits per heavy atom. The number of urea groups is 1. The first-order chi connectivity index (χ1) is 17.5. The predicted molar refractivity (Wildman–Crippen MR) is 135 cm³/mol. The molecular formula is C28H36N4O4. The van der Waals surface area contributed by atoms with Gasteiger partial charge in [-0.3, -0.25) is 9.78 Å². The van der Waals surface area contributed by atoms with Crippen molar-refractivity contribution in [2.24, 2.45) is 17.8 Å². The average Bonchev–Trinajstić information content (AvgIpc) is 2.86. The first kappa shape index (κ1) is 24.4. The van der Waals surface area contributed by atoms with E-state index in [9.17, 15) is 9.59 Å². The molecule has 4 saturated carbocycles. The molecule has 3 N–H and O–H groups in total. The van der Waals surface area contributed by atoms with Crippen LogP contribution in [0.25, 0.3) is 0 Å². The quantitative estimate of drug-likeness (QED) is 0.466. The van der Waals surface area contributed by atoms with E-state index >= 15 is 0 Å². The van der Waals surface area contributed by atoms with Crippen molar-refractivity contribution in [2.45, 2.75) is 63.6 Å². The molecular weight excluding hydrogens is 456 g/mol. The van der Waals surface area contributed by atoms with Crippen molar-refractivity contribution >= 4 is 11.9 Å². The van der Waals surface area contributed by atoms with Gasteiger partial charge in [-0.1, -0.05) is 6.07 Å². The van der Waals surface area contributed by atoms with E-state index in [2.05, 4.69) is 20.9 Å². The van der Waals surface area contributed by atoms with Crippen molar-refractivity contribution < 1.29 is 19.1 Å². The van der Waals surface area contributed by atoms with Crippen molar-refractivity contribution in [1.82, 2.24) is 20.9 Å². The zero-order valence-electron chi connectivity index (χ0n) is 20.9. The van der Waals surface area contributed by atoms with Crippen LogP contribution in [0, 0.1) is 17.8 Å². The lowest BCUT2D eigenvalue weighted by Crippen LogP contribution is -2.61. The van der Waals surface area contributed by atoms with Gasteiger partial charge in [0.25, 0.3) is 0 Å². The summed E-state index contributed by atoms with van der Waals surface area (Å²) in [5.74, 6) is 3.48. The first-order valence-electron chi connectivity index (χ1n) is 13.0. The molecule has 0 aliphatic heterocycles. The average molecular weight is 493 g/mol. The van der Waals surface area contributed by atoms with E-state index in [1.54, 1.807) is 19.5 Å². The Kier molecular flexibility index (Phi) is 7.30. The van der Waals surface area contributed by atoms with Crippen LogP contribution in [0.2, 0.25) is 0 Å². The monoisotopic (exact) mass is 492 g/mol. The van der Waals surface area contributed by atoms with Crippen LogP contribution in [0.1, 0.15) is 56.1 Å². The molecule has 2 aromatic rings. The van der Waals surface area contributed by atoms with Crippen LogP contribution >= 0.6 is 0 Å². The van der Waals surface area contributed by atoms with E-state index < -0.39 is 0 Å². The first-order valence-corrected chi connectivity index (χ1v) is 13.0. The molecule has 8 nitrogen and oxygen atoms in total. The smallest absolute Gasteiger partial charge is 0.315 e. The van der Waals surface area contributed by atoms with E-state index in [4.69, 9.17) is 9.47 Å². The molecule has 0 atom stereocenters. The van der Waals surface area contributed by atoms with Gasteiger partial charge in [0.15, 0.2) is 11.5 Å². The van der Waals surface area contributed by atoms with Gasteiger partial charge in [0.2, 0.25) is 5.91 Å². The number of ether oxygens (including phenoxy) is 2. The summed E-state index contributed by atoms with van der Waals surface area (Å²) in [5, 5.41) is 9.09. The van der Waals surface area contributed by atoms with E-state index in [0.29, 0.717) is 31.2 Å². The van der Waals surface area contributed by atoms with Crippen LogP contribution in [0.5, 0.6) is 11.5 Å². The Morgan fingerprint density at radius 1 is 0.944 bits per heavy atom. The number of pyridine rings is 1. The molecule has 4 aliphatic carbocycles. The third kappa shape index (κ3) is 5.91. The number of hydrogen-bond donors (Lipinski definition) is 3. The highest BCUT2D eigenvalue weighted by molar-refractivity contribution is 5.78. The highest BCUT2D eigenvalue weighted by atomic mass is 16.5. The molecule has 0 radical (unpaired) electrons. The zero-order chi connectivity index (χ0) is 25.0. The molecule has 3 amide bonds. The predicted octanol–water partition coefficient (Wildman–Crippen LogP) is 3.94. The molecule has 0 saturated heterocycles. The highest BCUT2D eigenvalue weighted by Crippen LogP contribution is 2.55. The summed E-state index contributed by atoms with van der Waals surface area (Å²) >= 11 is 0. The molecule has 0 spiro atoms. The lowest BCUT2D eigenvalue weighted by Gasteiger charge is -2.56. The van der Waals surface area contributed by atoms with Gasteiger partial charge in [-0.05, 0) is 91.7 Å². The summed E-state index contributed by atoms with van der Waals surface area (Å²) in [4.78, 5) is 28.9. The molecule has 4 aliphatic rings. The minimum absolute atomic E-state index is 0.0195. The van der Waals surface area contributed by atoms with Crippen LogP contribution in [0.3, 0.4) is 0 Å². The number of methoxy groups -OCH3 is 1. The van der Waals surface area contributed by atoms with E-state index in [0.717, 1.165) is 48.1 Å². The number of aromatic nitrogens is 1. The third-order valence-corrected chi connectivity index (χ3v) is 7.92.